The van der Waals surface area contributed by atoms with Crippen LogP contribution >= 0.6 is 0 Å². The highest BCUT2D eigenvalue weighted by molar-refractivity contribution is 5.29. The number of benzene rings is 2. The second kappa shape index (κ2) is 8.73. The summed E-state index contributed by atoms with van der Waals surface area (Å²) in [6, 6.07) is 17.4. The summed E-state index contributed by atoms with van der Waals surface area (Å²) in [6.07, 6.45) is 2.36. The van der Waals surface area contributed by atoms with Gasteiger partial charge in [-0.05, 0) is 69.0 Å². The van der Waals surface area contributed by atoms with Crippen LogP contribution in [-0.2, 0) is 6.42 Å². The van der Waals surface area contributed by atoms with Crippen molar-refractivity contribution in [2.24, 2.45) is 0 Å². The fourth-order valence-electron chi connectivity index (χ4n) is 2.58. The second-order valence-electron chi connectivity index (χ2n) is 6.26. The molecule has 0 aromatic heterocycles. The van der Waals surface area contributed by atoms with E-state index in [0.29, 0.717) is 6.04 Å². The van der Waals surface area contributed by atoms with Crippen LogP contribution in [0.5, 0.6) is 5.75 Å². The molecule has 2 aromatic carbocycles. The molecule has 0 heterocycles. The number of hydrogen-bond acceptors (Lipinski definition) is 2. The minimum absolute atomic E-state index is 0.269. The number of aryl methyl sites for hydroxylation is 1. The number of hydrogen-bond donors (Lipinski definition) is 1. The van der Waals surface area contributed by atoms with E-state index in [-0.39, 0.29) is 6.10 Å². The first-order chi connectivity index (χ1) is 11.1. The quantitative estimate of drug-likeness (QED) is 0.735. The first-order valence-corrected chi connectivity index (χ1v) is 8.64. The Hall–Kier alpha value is -1.80. The smallest absolute Gasteiger partial charge is 0.119 e. The summed E-state index contributed by atoms with van der Waals surface area (Å²) < 4.78 is 5.83. The highest BCUT2D eigenvalue weighted by atomic mass is 16.5. The third kappa shape index (κ3) is 5.40. The van der Waals surface area contributed by atoms with E-state index in [1.165, 1.54) is 16.7 Å². The summed E-state index contributed by atoms with van der Waals surface area (Å²) in [6.45, 7) is 9.61. The zero-order valence-corrected chi connectivity index (χ0v) is 14.8. The standard InChI is InChI=1S/C21H29NO/c1-5-17(3)23-21-12-10-20(11-13-21)18(4)22-15-14-19-9-7-6-8-16(19)2/h6-13,17-18,22H,5,14-15H2,1-4H3. The van der Waals surface area contributed by atoms with E-state index in [1.807, 2.05) is 0 Å². The minimum Gasteiger partial charge on any atom is -0.491 e. The van der Waals surface area contributed by atoms with Gasteiger partial charge in [-0.1, -0.05) is 43.3 Å². The van der Waals surface area contributed by atoms with Crippen molar-refractivity contribution < 1.29 is 4.74 Å². The van der Waals surface area contributed by atoms with Crippen LogP contribution in [-0.4, -0.2) is 12.6 Å². The molecule has 0 amide bonds. The number of ether oxygens (including phenoxy) is 1. The van der Waals surface area contributed by atoms with Crippen LogP contribution in [0.4, 0.5) is 0 Å². The molecule has 0 aliphatic carbocycles. The molecule has 0 radical (unpaired) electrons. The van der Waals surface area contributed by atoms with Crippen molar-refractivity contribution >= 4 is 0 Å². The molecule has 0 aliphatic heterocycles. The first kappa shape index (κ1) is 17.6. The first-order valence-electron chi connectivity index (χ1n) is 8.64. The molecule has 23 heavy (non-hydrogen) atoms. The Morgan fingerprint density at radius 3 is 2.35 bits per heavy atom. The van der Waals surface area contributed by atoms with Gasteiger partial charge >= 0.3 is 0 Å². The van der Waals surface area contributed by atoms with E-state index in [0.717, 1.165) is 25.1 Å². The van der Waals surface area contributed by atoms with Crippen LogP contribution in [0.2, 0.25) is 0 Å². The van der Waals surface area contributed by atoms with Crippen LogP contribution in [0.25, 0.3) is 0 Å². The highest BCUT2D eigenvalue weighted by Gasteiger charge is 2.06. The zero-order valence-electron chi connectivity index (χ0n) is 14.8. The second-order valence-corrected chi connectivity index (χ2v) is 6.26. The van der Waals surface area contributed by atoms with Crippen molar-refractivity contribution in [1.29, 1.82) is 0 Å². The van der Waals surface area contributed by atoms with E-state index in [2.05, 4.69) is 81.5 Å². The van der Waals surface area contributed by atoms with E-state index in [4.69, 9.17) is 4.74 Å². The normalized spacial score (nSPS) is 13.6. The molecule has 1 N–H and O–H groups in total. The minimum atomic E-state index is 0.269. The molecule has 0 saturated carbocycles. The van der Waals surface area contributed by atoms with Gasteiger partial charge in [0.1, 0.15) is 5.75 Å². The van der Waals surface area contributed by atoms with Gasteiger partial charge in [-0.2, -0.15) is 0 Å². The van der Waals surface area contributed by atoms with Gasteiger partial charge in [0.05, 0.1) is 6.10 Å². The molecular formula is C21H29NO. The summed E-state index contributed by atoms with van der Waals surface area (Å²) in [4.78, 5) is 0. The Labute approximate surface area is 140 Å². The fraction of sp³-hybridized carbons (Fsp3) is 0.429. The van der Waals surface area contributed by atoms with Crippen LogP contribution in [0.15, 0.2) is 48.5 Å². The molecule has 0 spiro atoms. The summed E-state index contributed by atoms with van der Waals surface area (Å²) in [7, 11) is 0. The van der Waals surface area contributed by atoms with Crippen LogP contribution < -0.4 is 10.1 Å². The molecule has 0 aliphatic rings. The predicted octanol–water partition coefficient (Wildman–Crippen LogP) is 5.07. The lowest BCUT2D eigenvalue weighted by atomic mass is 10.0. The Morgan fingerprint density at radius 1 is 1.00 bits per heavy atom. The van der Waals surface area contributed by atoms with Gasteiger partial charge in [0.25, 0.3) is 0 Å². The molecule has 2 unspecified atom stereocenters. The van der Waals surface area contributed by atoms with E-state index >= 15 is 0 Å². The number of rotatable bonds is 8. The molecule has 2 heteroatoms. The topological polar surface area (TPSA) is 21.3 Å². The lowest BCUT2D eigenvalue weighted by Gasteiger charge is -2.17. The zero-order chi connectivity index (χ0) is 16.7. The van der Waals surface area contributed by atoms with Crippen molar-refractivity contribution in [2.75, 3.05) is 6.54 Å². The molecule has 2 aromatic rings. The predicted molar refractivity (Wildman–Crippen MR) is 98.1 cm³/mol. The van der Waals surface area contributed by atoms with Gasteiger partial charge in [-0.25, -0.2) is 0 Å². The van der Waals surface area contributed by atoms with Crippen LogP contribution in [0.3, 0.4) is 0 Å². The van der Waals surface area contributed by atoms with Gasteiger partial charge in [0, 0.05) is 6.04 Å². The molecule has 0 saturated heterocycles. The third-order valence-electron chi connectivity index (χ3n) is 4.40. The van der Waals surface area contributed by atoms with Crippen molar-refractivity contribution in [2.45, 2.75) is 52.7 Å². The molecule has 0 fully saturated rings. The highest BCUT2D eigenvalue weighted by Crippen LogP contribution is 2.19. The largest absolute Gasteiger partial charge is 0.491 e. The van der Waals surface area contributed by atoms with Gasteiger partial charge < -0.3 is 10.1 Å². The summed E-state index contributed by atoms with van der Waals surface area (Å²) in [5.41, 5.74) is 4.09. The Kier molecular flexibility index (Phi) is 6.66. The maximum atomic E-state index is 5.83. The van der Waals surface area contributed by atoms with Crippen LogP contribution in [0, 0.1) is 6.92 Å². The average Bonchev–Trinajstić information content (AvgIpc) is 2.57. The van der Waals surface area contributed by atoms with Crippen molar-refractivity contribution in [3.8, 4) is 5.75 Å². The lowest BCUT2D eigenvalue weighted by molar-refractivity contribution is 0.217. The molecule has 124 valence electrons. The molecule has 0 bridgehead atoms. The molecule has 2 nitrogen and oxygen atoms in total. The molecular weight excluding hydrogens is 282 g/mol. The van der Waals surface area contributed by atoms with Crippen LogP contribution in [0.1, 0.15) is 49.9 Å². The van der Waals surface area contributed by atoms with E-state index in [1.54, 1.807) is 0 Å². The maximum Gasteiger partial charge on any atom is 0.119 e. The fourth-order valence-corrected chi connectivity index (χ4v) is 2.58. The van der Waals surface area contributed by atoms with Gasteiger partial charge in [-0.3, -0.25) is 0 Å². The van der Waals surface area contributed by atoms with Gasteiger partial charge in [0.2, 0.25) is 0 Å². The maximum absolute atomic E-state index is 5.83. The van der Waals surface area contributed by atoms with Gasteiger partial charge in [-0.15, -0.1) is 0 Å². The van der Waals surface area contributed by atoms with E-state index in [9.17, 15) is 0 Å². The summed E-state index contributed by atoms with van der Waals surface area (Å²) in [5.74, 6) is 0.954. The van der Waals surface area contributed by atoms with Crippen molar-refractivity contribution in [1.82, 2.24) is 5.32 Å². The van der Waals surface area contributed by atoms with E-state index < -0.39 is 0 Å². The number of nitrogens with one attached hydrogen (secondary N) is 1. The monoisotopic (exact) mass is 311 g/mol. The molecule has 2 atom stereocenters. The summed E-state index contributed by atoms with van der Waals surface area (Å²) >= 11 is 0. The summed E-state index contributed by atoms with van der Waals surface area (Å²) in [5, 5.41) is 3.61. The Morgan fingerprint density at radius 2 is 1.70 bits per heavy atom. The third-order valence-corrected chi connectivity index (χ3v) is 4.40. The van der Waals surface area contributed by atoms with Gasteiger partial charge in [0.15, 0.2) is 0 Å². The van der Waals surface area contributed by atoms with Crippen molar-refractivity contribution in [3.63, 3.8) is 0 Å². The Balaban J connectivity index is 1.83. The van der Waals surface area contributed by atoms with Crippen molar-refractivity contribution in [3.05, 3.63) is 65.2 Å². The molecule has 2 rings (SSSR count). The average molecular weight is 311 g/mol. The SMILES string of the molecule is CCC(C)Oc1ccc(C(C)NCCc2ccccc2C)cc1. The lowest BCUT2D eigenvalue weighted by Crippen LogP contribution is -2.21. The Bertz CT molecular complexity index is 591.